The maximum atomic E-state index is 14.6. The summed E-state index contributed by atoms with van der Waals surface area (Å²) in [7, 11) is 0. The van der Waals surface area contributed by atoms with E-state index in [1.54, 1.807) is 42.7 Å². The van der Waals surface area contributed by atoms with Crippen LogP contribution in [0.4, 0.5) is 4.79 Å². The SMILES string of the molecule is C=CCN1CC#CCN(NC(=O)[C@H](C)N)C(=O)N[C@H](Cc2c[nH]c3ccccc23)C(=O)N[C@@H](C)C(=O)N[C@@H](Cc2c[nH]c3ccccc23)C(=O)N[C@H](Cc2ccccc2)C(=O)NC(C(N)=O)CCCC1. The van der Waals surface area contributed by atoms with Crippen LogP contribution in [0.5, 0.6) is 0 Å². The molecule has 1 unspecified atom stereocenters. The molecule has 368 valence electrons. The first-order valence-corrected chi connectivity index (χ1v) is 23.3. The van der Waals surface area contributed by atoms with Gasteiger partial charge in [0.05, 0.1) is 12.6 Å². The molecule has 0 spiro atoms. The standard InChI is InChI=1S/C51H62N12O7/c1-4-23-62-24-13-12-22-41(45(53)64)57-49(68)42(27-34-16-6-5-7-17-34)59-50(69)43(28-35-30-54-39-20-10-8-18-37(35)39)58-47(66)33(3)56-48(67)44(29-36-31-55-40-21-11-9-19-38(36)40)60-51(70)63(26-15-14-25-62)61-46(65)32(2)52/h4-11,16-21,30-33,41-44,54-55H,1,12-13,22-29,52H2,2-3H3,(H2,53,64)(H,56,67)(H,57,68)(H,58,66)(H,59,69)(H,60,70)(H,61,65)/t32-,33-,41?,42+,43-,44+/m0/s1. The second-order valence-electron chi connectivity index (χ2n) is 17.4. The summed E-state index contributed by atoms with van der Waals surface area (Å²) in [5.74, 6) is 1.66. The van der Waals surface area contributed by atoms with Gasteiger partial charge in [0.15, 0.2) is 0 Å². The number of aromatic amines is 2. The number of primary amides is 1. The maximum Gasteiger partial charge on any atom is 0.337 e. The molecule has 5 aromatic rings. The monoisotopic (exact) mass is 954 g/mol. The van der Waals surface area contributed by atoms with Gasteiger partial charge in [-0.25, -0.2) is 9.80 Å². The quantitative estimate of drug-likeness (QED) is 0.0679. The Morgan fingerprint density at radius 2 is 1.27 bits per heavy atom. The fourth-order valence-electron chi connectivity index (χ4n) is 8.05. The van der Waals surface area contributed by atoms with Gasteiger partial charge in [0, 0.05) is 60.0 Å². The highest BCUT2D eigenvalue weighted by molar-refractivity contribution is 5.97. The summed E-state index contributed by atoms with van der Waals surface area (Å²) in [4.78, 5) is 106. The number of nitrogens with zero attached hydrogens (tertiary/aromatic N) is 2. The van der Waals surface area contributed by atoms with Gasteiger partial charge in [0.2, 0.25) is 29.5 Å². The molecule has 12 N–H and O–H groups in total. The van der Waals surface area contributed by atoms with Gasteiger partial charge >= 0.3 is 6.03 Å². The minimum Gasteiger partial charge on any atom is -0.368 e. The van der Waals surface area contributed by atoms with E-state index < -0.39 is 77.7 Å². The summed E-state index contributed by atoms with van der Waals surface area (Å²) in [5.41, 5.74) is 17.9. The Balaban J connectivity index is 1.35. The third kappa shape index (κ3) is 14.3. The number of hydrogen-bond acceptors (Lipinski definition) is 9. The van der Waals surface area contributed by atoms with E-state index in [1.165, 1.54) is 13.8 Å². The number of H-pyrrole nitrogens is 2. The fraction of sp³-hybridized carbons (Fsp3) is 0.353. The highest BCUT2D eigenvalue weighted by Gasteiger charge is 2.33. The van der Waals surface area contributed by atoms with Gasteiger partial charge in [0.1, 0.15) is 36.8 Å². The van der Waals surface area contributed by atoms with Gasteiger partial charge in [0.25, 0.3) is 5.91 Å². The molecule has 0 radical (unpaired) electrons. The lowest BCUT2D eigenvalue weighted by molar-refractivity contribution is -0.134. The van der Waals surface area contributed by atoms with Gasteiger partial charge in [-0.3, -0.25) is 39.1 Å². The lowest BCUT2D eigenvalue weighted by Crippen LogP contribution is -2.60. The third-order valence-electron chi connectivity index (χ3n) is 11.9. The van der Waals surface area contributed by atoms with Crippen LogP contribution >= 0.6 is 0 Å². The molecule has 0 fully saturated rings. The Bertz CT molecular complexity index is 2720. The predicted octanol–water partition coefficient (Wildman–Crippen LogP) is 1.56. The molecular weight excluding hydrogens is 893 g/mol. The third-order valence-corrected chi connectivity index (χ3v) is 11.9. The summed E-state index contributed by atoms with van der Waals surface area (Å²) < 4.78 is 0. The number of para-hydroxylation sites is 2. The number of benzene rings is 3. The van der Waals surface area contributed by atoms with Crippen LogP contribution in [-0.2, 0) is 48.0 Å². The predicted molar refractivity (Wildman–Crippen MR) is 266 cm³/mol. The molecule has 0 saturated heterocycles. The summed E-state index contributed by atoms with van der Waals surface area (Å²) in [6.07, 6.45) is 6.39. The normalized spacial score (nSPS) is 21.3. The van der Waals surface area contributed by atoms with Crippen molar-refractivity contribution >= 4 is 63.3 Å². The molecule has 19 nitrogen and oxygen atoms in total. The number of amides is 8. The lowest BCUT2D eigenvalue weighted by atomic mass is 10.0. The Kier molecular flexibility index (Phi) is 18.3. The molecule has 6 atom stereocenters. The molecular formula is C51H62N12O7. The van der Waals surface area contributed by atoms with Crippen LogP contribution in [0.25, 0.3) is 21.8 Å². The summed E-state index contributed by atoms with van der Waals surface area (Å²) in [5, 5.41) is 16.4. The average Bonchev–Trinajstić information content (AvgIpc) is 3.95. The first-order valence-electron chi connectivity index (χ1n) is 23.3. The van der Waals surface area contributed by atoms with Crippen molar-refractivity contribution in [3.8, 4) is 11.8 Å². The zero-order valence-corrected chi connectivity index (χ0v) is 39.4. The van der Waals surface area contributed by atoms with Crippen molar-refractivity contribution < 1.29 is 33.6 Å². The molecule has 6 rings (SSSR count). The summed E-state index contributed by atoms with van der Waals surface area (Å²) in [6, 6.07) is 15.8. The first-order chi connectivity index (χ1) is 33.7. The second kappa shape index (κ2) is 24.9. The van der Waals surface area contributed by atoms with Crippen molar-refractivity contribution in [3.63, 3.8) is 0 Å². The maximum absolute atomic E-state index is 14.6. The van der Waals surface area contributed by atoms with Crippen LogP contribution < -0.4 is 43.5 Å². The molecule has 8 amide bonds. The number of nitrogens with two attached hydrogens (primary N) is 2. The van der Waals surface area contributed by atoms with Gasteiger partial charge in [-0.05, 0) is 68.5 Å². The fourth-order valence-corrected chi connectivity index (χ4v) is 8.05. The molecule has 19 heteroatoms. The van der Waals surface area contributed by atoms with E-state index >= 15 is 0 Å². The number of aromatic nitrogens is 2. The van der Waals surface area contributed by atoms with Crippen molar-refractivity contribution in [1.82, 2.24) is 51.9 Å². The van der Waals surface area contributed by atoms with Crippen molar-refractivity contribution in [2.24, 2.45) is 11.5 Å². The minimum absolute atomic E-state index is 0.0280. The van der Waals surface area contributed by atoms with E-state index in [9.17, 15) is 33.6 Å². The Labute approximate surface area is 406 Å². The largest absolute Gasteiger partial charge is 0.368 e. The highest BCUT2D eigenvalue weighted by Crippen LogP contribution is 2.21. The Hall–Kier alpha value is -7.95. The van der Waals surface area contributed by atoms with Crippen LogP contribution in [0.15, 0.2) is 104 Å². The number of hydrazine groups is 1. The summed E-state index contributed by atoms with van der Waals surface area (Å²) >= 11 is 0. The van der Waals surface area contributed by atoms with E-state index in [1.807, 2.05) is 59.5 Å². The van der Waals surface area contributed by atoms with Crippen molar-refractivity contribution in [1.29, 1.82) is 0 Å². The Morgan fingerprint density at radius 1 is 0.729 bits per heavy atom. The van der Waals surface area contributed by atoms with Crippen LogP contribution in [-0.4, -0.2) is 124 Å². The minimum atomic E-state index is -1.31. The highest BCUT2D eigenvalue weighted by atomic mass is 16.2. The van der Waals surface area contributed by atoms with Crippen molar-refractivity contribution in [3.05, 3.63) is 121 Å². The van der Waals surface area contributed by atoms with Gasteiger partial charge < -0.3 is 48.0 Å². The molecule has 1 aliphatic heterocycles. The molecule has 3 aromatic carbocycles. The molecule has 0 saturated carbocycles. The Morgan fingerprint density at radius 3 is 1.89 bits per heavy atom. The van der Waals surface area contributed by atoms with Crippen LogP contribution in [0.2, 0.25) is 0 Å². The molecule has 70 heavy (non-hydrogen) atoms. The number of hydrogen-bond donors (Lipinski definition) is 10. The number of fused-ring (bicyclic) bond motifs is 2. The van der Waals surface area contributed by atoms with E-state index in [2.05, 4.69) is 60.4 Å². The zero-order valence-electron chi connectivity index (χ0n) is 39.4. The number of rotatable bonds is 11. The van der Waals surface area contributed by atoms with Gasteiger partial charge in [-0.1, -0.05) is 84.6 Å². The number of carbonyl (C=O) groups excluding carboxylic acids is 7. The molecule has 0 aliphatic carbocycles. The van der Waals surface area contributed by atoms with E-state index in [4.69, 9.17) is 11.5 Å². The first kappa shape index (κ1) is 51.4. The number of nitrogens with one attached hydrogen (secondary N) is 8. The lowest BCUT2D eigenvalue weighted by Gasteiger charge is -2.27. The van der Waals surface area contributed by atoms with Crippen LogP contribution in [0.3, 0.4) is 0 Å². The zero-order chi connectivity index (χ0) is 50.2. The van der Waals surface area contributed by atoms with E-state index in [0.717, 1.165) is 32.4 Å². The van der Waals surface area contributed by atoms with Crippen LogP contribution in [0.1, 0.15) is 49.8 Å². The number of urea groups is 1. The topological polar surface area (TPSA) is 282 Å². The van der Waals surface area contributed by atoms with Crippen LogP contribution in [0, 0.1) is 11.8 Å². The molecule has 2 aromatic heterocycles. The van der Waals surface area contributed by atoms with E-state index in [0.29, 0.717) is 37.1 Å². The van der Waals surface area contributed by atoms with E-state index in [-0.39, 0.29) is 38.8 Å². The molecule has 0 bridgehead atoms. The molecule has 1 aliphatic rings. The van der Waals surface area contributed by atoms with Crippen molar-refractivity contribution in [2.45, 2.75) is 88.6 Å². The number of carbonyl (C=O) groups is 7. The summed E-state index contributed by atoms with van der Waals surface area (Å²) in [6.45, 7) is 7.66. The van der Waals surface area contributed by atoms with Crippen molar-refractivity contribution in [2.75, 3.05) is 26.2 Å². The average molecular weight is 955 g/mol. The smallest absolute Gasteiger partial charge is 0.337 e. The van der Waals surface area contributed by atoms with Gasteiger partial charge in [-0.2, -0.15) is 0 Å². The van der Waals surface area contributed by atoms with Gasteiger partial charge in [-0.15, -0.1) is 6.58 Å². The second-order valence-corrected chi connectivity index (χ2v) is 17.4. The molecule has 3 heterocycles.